The molecule has 1 saturated carbocycles. The lowest BCUT2D eigenvalue weighted by atomic mass is 9.65. The number of nitrogens with one attached hydrogen (secondary N) is 1. The number of H-pyrrole nitrogens is 1. The number of carbonyl (C=O) groups is 1. The minimum Gasteiger partial charge on any atom is -0.426 e. The highest BCUT2D eigenvalue weighted by Crippen LogP contribution is 2.51. The van der Waals surface area contributed by atoms with Crippen LogP contribution in [0.2, 0.25) is 0 Å². The van der Waals surface area contributed by atoms with Crippen molar-refractivity contribution in [1.82, 2.24) is 14.8 Å². The Balaban J connectivity index is 1.45. The monoisotopic (exact) mass is 395 g/mol. The van der Waals surface area contributed by atoms with Crippen molar-refractivity contribution in [2.75, 3.05) is 33.7 Å². The van der Waals surface area contributed by atoms with E-state index in [9.17, 15) is 4.79 Å². The number of piperidine rings is 2. The molecule has 29 heavy (non-hydrogen) atoms. The summed E-state index contributed by atoms with van der Waals surface area (Å²) >= 11 is 0. The van der Waals surface area contributed by atoms with Gasteiger partial charge in [0.25, 0.3) is 0 Å². The number of aromatic nitrogens is 1. The third kappa shape index (κ3) is 3.38. The standard InChI is InChI=1S/C24H33N3O2/c1-4-16-11-15-12-20-23-18(7-10-27(14-15)24(16)20)19-13-17(5-6-21(19)25-23)29-22(28)8-9-26(2)3/h5-6,13,15-16,20,24-25H,4,7-12,14H2,1-3H3/t15-,16-,20-,24?/m0/s1. The van der Waals surface area contributed by atoms with E-state index in [1.807, 2.05) is 25.1 Å². The molecule has 6 rings (SSSR count). The first-order valence-corrected chi connectivity index (χ1v) is 11.3. The smallest absolute Gasteiger partial charge is 0.312 e. The van der Waals surface area contributed by atoms with Crippen molar-refractivity contribution in [2.45, 2.75) is 51.0 Å². The number of fused-ring (bicyclic) bond motifs is 4. The van der Waals surface area contributed by atoms with E-state index in [0.29, 0.717) is 30.7 Å². The molecule has 5 nitrogen and oxygen atoms in total. The minimum absolute atomic E-state index is 0.162. The van der Waals surface area contributed by atoms with Gasteiger partial charge in [0.1, 0.15) is 5.75 Å². The van der Waals surface area contributed by atoms with Gasteiger partial charge in [0, 0.05) is 48.2 Å². The van der Waals surface area contributed by atoms with Crippen LogP contribution in [-0.2, 0) is 11.2 Å². The van der Waals surface area contributed by atoms with Crippen molar-refractivity contribution >= 4 is 16.9 Å². The Bertz CT molecular complexity index is 918. The number of benzene rings is 1. The molecular formula is C24H33N3O2. The average molecular weight is 396 g/mol. The van der Waals surface area contributed by atoms with Crippen LogP contribution in [0.1, 0.15) is 49.8 Å². The second-order valence-corrected chi connectivity index (χ2v) is 9.60. The molecule has 156 valence electrons. The summed E-state index contributed by atoms with van der Waals surface area (Å²) in [5.74, 6) is 2.82. The molecule has 5 atom stereocenters. The van der Waals surface area contributed by atoms with Gasteiger partial charge in [-0.1, -0.05) is 13.3 Å². The van der Waals surface area contributed by atoms with E-state index >= 15 is 0 Å². The van der Waals surface area contributed by atoms with Crippen molar-refractivity contribution < 1.29 is 9.53 Å². The van der Waals surface area contributed by atoms with Crippen LogP contribution in [0.4, 0.5) is 0 Å². The number of nitrogens with zero attached hydrogens (tertiary/aromatic N) is 2. The Kier molecular flexibility index (Phi) is 4.91. The van der Waals surface area contributed by atoms with Gasteiger partial charge in [-0.2, -0.15) is 0 Å². The summed E-state index contributed by atoms with van der Waals surface area (Å²) < 4.78 is 5.65. The zero-order chi connectivity index (χ0) is 20.1. The molecule has 2 saturated heterocycles. The molecule has 2 unspecified atom stereocenters. The molecule has 1 aliphatic carbocycles. The molecule has 4 heterocycles. The van der Waals surface area contributed by atoms with Crippen molar-refractivity contribution in [3.8, 4) is 5.75 Å². The average Bonchev–Trinajstić information content (AvgIpc) is 3.03. The van der Waals surface area contributed by atoms with Gasteiger partial charge in [-0.15, -0.1) is 0 Å². The van der Waals surface area contributed by atoms with Gasteiger partial charge in [-0.25, -0.2) is 0 Å². The number of carbonyl (C=O) groups excluding carboxylic acids is 1. The molecule has 4 bridgehead atoms. The molecular weight excluding hydrogens is 362 g/mol. The first-order valence-electron chi connectivity index (χ1n) is 11.3. The maximum absolute atomic E-state index is 12.2. The van der Waals surface area contributed by atoms with E-state index < -0.39 is 0 Å². The number of esters is 1. The van der Waals surface area contributed by atoms with Gasteiger partial charge in [0.2, 0.25) is 0 Å². The van der Waals surface area contributed by atoms with Crippen LogP contribution in [0, 0.1) is 11.8 Å². The lowest BCUT2D eigenvalue weighted by molar-refractivity contribution is -0.134. The highest BCUT2D eigenvalue weighted by molar-refractivity contribution is 5.87. The molecule has 3 aliphatic heterocycles. The van der Waals surface area contributed by atoms with Gasteiger partial charge in [-0.05, 0) is 69.0 Å². The topological polar surface area (TPSA) is 48.6 Å². The van der Waals surface area contributed by atoms with Crippen molar-refractivity contribution in [1.29, 1.82) is 0 Å². The Morgan fingerprint density at radius 2 is 2.17 bits per heavy atom. The quantitative estimate of drug-likeness (QED) is 0.618. The van der Waals surface area contributed by atoms with E-state index in [2.05, 4.69) is 28.9 Å². The van der Waals surface area contributed by atoms with Crippen LogP contribution in [-0.4, -0.2) is 60.5 Å². The fourth-order valence-electron chi connectivity index (χ4n) is 6.23. The Morgan fingerprint density at radius 1 is 1.31 bits per heavy atom. The van der Waals surface area contributed by atoms with Gasteiger partial charge in [0.15, 0.2) is 0 Å². The van der Waals surface area contributed by atoms with E-state index in [4.69, 9.17) is 4.74 Å². The third-order valence-electron chi connectivity index (χ3n) is 7.48. The van der Waals surface area contributed by atoms with Crippen LogP contribution < -0.4 is 4.74 Å². The highest BCUT2D eigenvalue weighted by Gasteiger charge is 2.48. The molecule has 1 N–H and O–H groups in total. The molecule has 5 heteroatoms. The van der Waals surface area contributed by atoms with E-state index in [-0.39, 0.29) is 5.97 Å². The Hall–Kier alpha value is -1.85. The molecule has 2 aromatic rings. The van der Waals surface area contributed by atoms with E-state index in [1.54, 1.807) is 0 Å². The zero-order valence-corrected chi connectivity index (χ0v) is 17.9. The van der Waals surface area contributed by atoms with Crippen LogP contribution >= 0.6 is 0 Å². The van der Waals surface area contributed by atoms with Crippen molar-refractivity contribution in [2.24, 2.45) is 11.8 Å². The fourth-order valence-corrected chi connectivity index (χ4v) is 6.23. The summed E-state index contributed by atoms with van der Waals surface area (Å²) in [6.45, 7) is 5.51. The molecule has 0 spiro atoms. The first-order chi connectivity index (χ1) is 14.0. The normalized spacial score (nSPS) is 30.4. The lowest BCUT2D eigenvalue weighted by Crippen LogP contribution is -2.56. The number of rotatable bonds is 5. The maximum atomic E-state index is 12.2. The SMILES string of the molecule is CC[C@H]1C[C@H]2C[C@H]3c4[nH]c5ccc(OC(=O)CCN(C)C)cc5c4CCN(C2)C13. The van der Waals surface area contributed by atoms with E-state index in [0.717, 1.165) is 24.8 Å². The summed E-state index contributed by atoms with van der Waals surface area (Å²) in [6, 6.07) is 6.80. The summed E-state index contributed by atoms with van der Waals surface area (Å²) in [5, 5.41) is 1.25. The number of ether oxygens (including phenoxy) is 1. The molecule has 4 aliphatic rings. The fraction of sp³-hybridized carbons (Fsp3) is 0.625. The third-order valence-corrected chi connectivity index (χ3v) is 7.48. The number of aromatic amines is 1. The summed E-state index contributed by atoms with van der Waals surface area (Å²) in [6.07, 6.45) is 5.52. The second-order valence-electron chi connectivity index (χ2n) is 9.60. The highest BCUT2D eigenvalue weighted by atomic mass is 16.5. The Labute approximate surface area is 173 Å². The zero-order valence-electron chi connectivity index (χ0n) is 17.9. The van der Waals surface area contributed by atoms with Gasteiger partial charge >= 0.3 is 5.97 Å². The molecule has 0 amide bonds. The molecule has 3 fully saturated rings. The number of hydrogen-bond acceptors (Lipinski definition) is 4. The minimum atomic E-state index is -0.162. The lowest BCUT2D eigenvalue weighted by Gasteiger charge is -2.53. The van der Waals surface area contributed by atoms with Crippen LogP contribution in [0.25, 0.3) is 10.9 Å². The molecule has 0 radical (unpaired) electrons. The van der Waals surface area contributed by atoms with Crippen molar-refractivity contribution in [3.05, 3.63) is 29.5 Å². The summed E-state index contributed by atoms with van der Waals surface area (Å²) in [4.78, 5) is 20.7. The maximum Gasteiger partial charge on any atom is 0.312 e. The summed E-state index contributed by atoms with van der Waals surface area (Å²) in [7, 11) is 3.94. The second kappa shape index (κ2) is 7.44. The van der Waals surface area contributed by atoms with E-state index in [1.165, 1.54) is 48.0 Å². The van der Waals surface area contributed by atoms with Crippen LogP contribution in [0.3, 0.4) is 0 Å². The predicted octanol–water partition coefficient (Wildman–Crippen LogP) is 3.79. The largest absolute Gasteiger partial charge is 0.426 e. The van der Waals surface area contributed by atoms with Crippen LogP contribution in [0.5, 0.6) is 5.75 Å². The Morgan fingerprint density at radius 3 is 2.97 bits per heavy atom. The summed E-state index contributed by atoms with van der Waals surface area (Å²) in [5.41, 5.74) is 4.11. The predicted molar refractivity (Wildman–Crippen MR) is 115 cm³/mol. The molecule has 1 aromatic heterocycles. The van der Waals surface area contributed by atoms with Crippen molar-refractivity contribution in [3.63, 3.8) is 0 Å². The number of hydrogen-bond donors (Lipinski definition) is 1. The first kappa shape index (κ1) is 19.1. The van der Waals surface area contributed by atoms with Crippen LogP contribution in [0.15, 0.2) is 18.2 Å². The van der Waals surface area contributed by atoms with Gasteiger partial charge in [0.05, 0.1) is 6.42 Å². The van der Waals surface area contributed by atoms with Gasteiger partial charge in [-0.3, -0.25) is 9.69 Å². The molecule has 1 aromatic carbocycles. The van der Waals surface area contributed by atoms with Gasteiger partial charge < -0.3 is 14.6 Å².